The molecule has 3 rings (SSSR count). The van der Waals surface area contributed by atoms with Crippen molar-refractivity contribution in [3.63, 3.8) is 0 Å². The summed E-state index contributed by atoms with van der Waals surface area (Å²) in [6.45, 7) is 0.249. The minimum Gasteiger partial charge on any atom is -0.245 e. The summed E-state index contributed by atoms with van der Waals surface area (Å²) >= 11 is 7.40. The van der Waals surface area contributed by atoms with E-state index < -0.39 is 10.0 Å². The maximum Gasteiger partial charge on any atom is 0.216 e. The predicted molar refractivity (Wildman–Crippen MR) is 85.0 cm³/mol. The Morgan fingerprint density at radius 3 is 2.67 bits per heavy atom. The van der Waals surface area contributed by atoms with Crippen LogP contribution in [0.1, 0.15) is 35.0 Å². The normalized spacial score (nSPS) is 15.3. The van der Waals surface area contributed by atoms with Crippen LogP contribution >= 0.6 is 22.9 Å². The summed E-state index contributed by atoms with van der Waals surface area (Å²) in [6.07, 6.45) is 2.41. The molecule has 1 aliphatic rings. The highest BCUT2D eigenvalue weighted by molar-refractivity contribution is 7.88. The molecule has 1 N–H and O–H groups in total. The van der Waals surface area contributed by atoms with Crippen LogP contribution in [0.15, 0.2) is 29.6 Å². The molecule has 0 saturated heterocycles. The largest absolute Gasteiger partial charge is 0.245 e. The van der Waals surface area contributed by atoms with Crippen molar-refractivity contribution in [1.82, 2.24) is 9.71 Å². The molecule has 1 fully saturated rings. The van der Waals surface area contributed by atoms with Crippen LogP contribution in [-0.2, 0) is 22.3 Å². The van der Waals surface area contributed by atoms with Crippen molar-refractivity contribution in [3.05, 3.63) is 50.9 Å². The van der Waals surface area contributed by atoms with Crippen LogP contribution in [0.3, 0.4) is 0 Å². The van der Waals surface area contributed by atoms with E-state index in [4.69, 9.17) is 11.6 Å². The molecule has 0 radical (unpaired) electrons. The molecule has 0 aliphatic heterocycles. The van der Waals surface area contributed by atoms with Gasteiger partial charge in [0.25, 0.3) is 0 Å². The lowest BCUT2D eigenvalue weighted by molar-refractivity contribution is 0.579. The summed E-state index contributed by atoms with van der Waals surface area (Å²) < 4.78 is 26.7. The second-order valence-corrected chi connectivity index (χ2v) is 8.29. The summed E-state index contributed by atoms with van der Waals surface area (Å²) in [7, 11) is -3.37. The molecule has 0 atom stereocenters. The molecule has 21 heavy (non-hydrogen) atoms. The number of sulfonamides is 1. The molecule has 1 aromatic carbocycles. The fraction of sp³-hybridized carbons (Fsp3) is 0.357. The Bertz CT molecular complexity index is 722. The number of aromatic nitrogens is 1. The van der Waals surface area contributed by atoms with Crippen LogP contribution < -0.4 is 4.72 Å². The highest BCUT2D eigenvalue weighted by atomic mass is 35.5. The van der Waals surface area contributed by atoms with Crippen LogP contribution in [0.2, 0.25) is 5.02 Å². The summed E-state index contributed by atoms with van der Waals surface area (Å²) in [5, 5.41) is 3.65. The smallest absolute Gasteiger partial charge is 0.216 e. The first-order valence-corrected chi connectivity index (χ1v) is 9.59. The number of benzene rings is 1. The van der Waals surface area contributed by atoms with Crippen LogP contribution in [0.25, 0.3) is 0 Å². The third-order valence-electron chi connectivity index (χ3n) is 3.24. The SMILES string of the molecule is O=S(=O)(Cc1ccc(Cl)cc1)NCc1csc(C2CC2)n1. The van der Waals surface area contributed by atoms with E-state index in [1.807, 2.05) is 5.38 Å². The molecule has 0 amide bonds. The number of halogens is 1. The molecule has 0 unspecified atom stereocenters. The third-order valence-corrected chi connectivity index (χ3v) is 5.84. The molecule has 1 heterocycles. The third kappa shape index (κ3) is 4.26. The van der Waals surface area contributed by atoms with Crippen molar-refractivity contribution in [3.8, 4) is 0 Å². The van der Waals surface area contributed by atoms with Gasteiger partial charge in [0.15, 0.2) is 0 Å². The lowest BCUT2D eigenvalue weighted by Gasteiger charge is -2.05. The van der Waals surface area contributed by atoms with E-state index in [1.54, 1.807) is 35.6 Å². The molecule has 1 aromatic heterocycles. The molecule has 7 heteroatoms. The fourth-order valence-electron chi connectivity index (χ4n) is 1.96. The van der Waals surface area contributed by atoms with Crippen LogP contribution in [0.4, 0.5) is 0 Å². The van der Waals surface area contributed by atoms with Crippen molar-refractivity contribution in [2.45, 2.75) is 31.1 Å². The molecule has 2 aromatic rings. The zero-order valence-electron chi connectivity index (χ0n) is 11.3. The van der Waals surface area contributed by atoms with Crippen molar-refractivity contribution >= 4 is 33.0 Å². The quantitative estimate of drug-likeness (QED) is 0.876. The Balaban J connectivity index is 1.58. The highest BCUT2D eigenvalue weighted by Crippen LogP contribution is 2.41. The van der Waals surface area contributed by atoms with Gasteiger partial charge >= 0.3 is 0 Å². The Morgan fingerprint density at radius 1 is 1.29 bits per heavy atom. The first-order valence-electron chi connectivity index (χ1n) is 6.68. The Hall–Kier alpha value is -0.950. The first-order chi connectivity index (χ1) is 10.0. The number of nitrogens with one attached hydrogen (secondary N) is 1. The molecular weight excluding hydrogens is 328 g/mol. The summed E-state index contributed by atoms with van der Waals surface area (Å²) in [5.41, 5.74) is 1.51. The van der Waals surface area contributed by atoms with Gasteiger partial charge in [0, 0.05) is 16.3 Å². The Morgan fingerprint density at radius 2 is 2.00 bits per heavy atom. The Labute approximate surface area is 133 Å². The minimum absolute atomic E-state index is 0.0518. The summed E-state index contributed by atoms with van der Waals surface area (Å²) in [4.78, 5) is 4.47. The number of hydrogen-bond donors (Lipinski definition) is 1. The van der Waals surface area contributed by atoms with Gasteiger partial charge in [-0.15, -0.1) is 11.3 Å². The number of rotatable bonds is 6. The topological polar surface area (TPSA) is 59.1 Å². The molecule has 112 valence electrons. The highest BCUT2D eigenvalue weighted by Gasteiger charge is 2.26. The first kappa shape index (κ1) is 15.0. The summed E-state index contributed by atoms with van der Waals surface area (Å²) in [6, 6.07) is 6.81. The van der Waals surface area contributed by atoms with Crippen molar-refractivity contribution < 1.29 is 8.42 Å². The second-order valence-electron chi connectivity index (χ2n) is 5.16. The van der Waals surface area contributed by atoms with E-state index in [1.165, 1.54) is 12.8 Å². The molecule has 1 aliphatic carbocycles. The van der Waals surface area contributed by atoms with Gasteiger partial charge in [-0.2, -0.15) is 0 Å². The number of nitrogens with zero attached hydrogens (tertiary/aromatic N) is 1. The van der Waals surface area contributed by atoms with Gasteiger partial charge in [-0.25, -0.2) is 18.1 Å². The average molecular weight is 343 g/mol. The van der Waals surface area contributed by atoms with Crippen LogP contribution in [-0.4, -0.2) is 13.4 Å². The standard InChI is InChI=1S/C14H15ClN2O2S2/c15-12-5-1-10(2-6-12)9-21(18,19)16-7-13-8-20-14(17-13)11-3-4-11/h1-2,5-6,8,11,16H,3-4,7,9H2. The predicted octanol–water partition coefficient (Wildman–Crippen LogP) is 3.29. The van der Waals surface area contributed by atoms with Gasteiger partial charge < -0.3 is 0 Å². The number of thiazole rings is 1. The number of hydrogen-bond acceptors (Lipinski definition) is 4. The molecule has 0 spiro atoms. The lowest BCUT2D eigenvalue weighted by atomic mass is 10.2. The van der Waals surface area contributed by atoms with Crippen molar-refractivity contribution in [1.29, 1.82) is 0 Å². The van der Waals surface area contributed by atoms with Gasteiger partial charge in [0.05, 0.1) is 23.0 Å². The zero-order chi connectivity index (χ0) is 14.9. The van der Waals surface area contributed by atoms with E-state index in [9.17, 15) is 8.42 Å². The summed E-state index contributed by atoms with van der Waals surface area (Å²) in [5.74, 6) is 0.554. The molecule has 1 saturated carbocycles. The zero-order valence-corrected chi connectivity index (χ0v) is 13.6. The van der Waals surface area contributed by atoms with Crippen molar-refractivity contribution in [2.75, 3.05) is 0 Å². The van der Waals surface area contributed by atoms with Gasteiger partial charge in [0.2, 0.25) is 10.0 Å². The van der Waals surface area contributed by atoms with Crippen molar-refractivity contribution in [2.24, 2.45) is 0 Å². The van der Waals surface area contributed by atoms with E-state index >= 15 is 0 Å². The fourth-order valence-corrected chi connectivity index (χ4v) is 4.17. The maximum absolute atomic E-state index is 12.0. The second kappa shape index (κ2) is 6.04. The van der Waals surface area contributed by atoms with Gasteiger partial charge in [-0.3, -0.25) is 0 Å². The van der Waals surface area contributed by atoms with Gasteiger partial charge in [-0.05, 0) is 30.5 Å². The van der Waals surface area contributed by atoms with Crippen LogP contribution in [0.5, 0.6) is 0 Å². The lowest BCUT2D eigenvalue weighted by Crippen LogP contribution is -2.24. The Kier molecular flexibility index (Phi) is 4.31. The molecule has 0 bridgehead atoms. The molecule has 4 nitrogen and oxygen atoms in total. The van der Waals surface area contributed by atoms with E-state index in [2.05, 4.69) is 9.71 Å². The minimum atomic E-state index is -3.37. The average Bonchev–Trinajstić information content (AvgIpc) is 3.18. The van der Waals surface area contributed by atoms with E-state index in [-0.39, 0.29) is 12.3 Å². The van der Waals surface area contributed by atoms with E-state index in [0.29, 0.717) is 16.5 Å². The van der Waals surface area contributed by atoms with Crippen LogP contribution in [0, 0.1) is 0 Å². The van der Waals surface area contributed by atoms with E-state index in [0.717, 1.165) is 10.7 Å². The van der Waals surface area contributed by atoms with Gasteiger partial charge in [-0.1, -0.05) is 23.7 Å². The molecular formula is C14H15ClN2O2S2. The monoisotopic (exact) mass is 342 g/mol. The maximum atomic E-state index is 12.0. The van der Waals surface area contributed by atoms with Gasteiger partial charge in [0.1, 0.15) is 0 Å².